The molecule has 23 heavy (non-hydrogen) atoms. The maximum Gasteiger partial charge on any atom is 0.274 e. The molecular formula is C18H21N3O2. The van der Waals surface area contributed by atoms with Crippen molar-refractivity contribution in [2.24, 2.45) is 0 Å². The third kappa shape index (κ3) is 4.07. The van der Waals surface area contributed by atoms with Gasteiger partial charge in [-0.3, -0.25) is 9.59 Å². The highest BCUT2D eigenvalue weighted by Gasteiger charge is 2.18. The van der Waals surface area contributed by atoms with Crippen molar-refractivity contribution in [3.05, 3.63) is 64.6 Å². The minimum Gasteiger partial charge on any atom is -0.321 e. The summed E-state index contributed by atoms with van der Waals surface area (Å²) in [4.78, 5) is 24.6. The van der Waals surface area contributed by atoms with Crippen LogP contribution in [0.5, 0.6) is 0 Å². The predicted octanol–water partition coefficient (Wildman–Crippen LogP) is 1.98. The van der Waals surface area contributed by atoms with Crippen molar-refractivity contribution in [2.75, 3.05) is 11.9 Å². The lowest BCUT2D eigenvalue weighted by atomic mass is 10.1. The molecule has 0 radical (unpaired) electrons. The van der Waals surface area contributed by atoms with Crippen LogP contribution in [0.2, 0.25) is 0 Å². The van der Waals surface area contributed by atoms with Gasteiger partial charge < -0.3 is 15.2 Å². The minimum atomic E-state index is -0.177. The van der Waals surface area contributed by atoms with Crippen molar-refractivity contribution in [3.63, 3.8) is 0 Å². The van der Waals surface area contributed by atoms with Gasteiger partial charge in [-0.05, 0) is 37.1 Å². The van der Waals surface area contributed by atoms with Gasteiger partial charge in [0.2, 0.25) is 5.91 Å². The summed E-state index contributed by atoms with van der Waals surface area (Å²) in [6.07, 6.45) is 4.27. The number of nitrogens with one attached hydrogen (secondary N) is 2. The van der Waals surface area contributed by atoms with Gasteiger partial charge in [0.25, 0.3) is 5.56 Å². The standard InChI is InChI=1S/C18H21N3O2/c22-17(12-15-8-4-10-19-15)20-16-9-5-11-21(18(16)23)13-14-6-2-1-3-7-14/h1-3,5-7,9,11,15,19H,4,8,10,12-13H2,(H,20,22). The van der Waals surface area contributed by atoms with Crippen LogP contribution in [0.1, 0.15) is 24.8 Å². The number of aromatic nitrogens is 1. The second-order valence-corrected chi connectivity index (χ2v) is 5.89. The first-order valence-electron chi connectivity index (χ1n) is 7.99. The third-order valence-electron chi connectivity index (χ3n) is 4.08. The van der Waals surface area contributed by atoms with Crippen molar-refractivity contribution >= 4 is 11.6 Å². The van der Waals surface area contributed by atoms with E-state index in [9.17, 15) is 9.59 Å². The lowest BCUT2D eigenvalue weighted by Gasteiger charge is -2.12. The van der Waals surface area contributed by atoms with Gasteiger partial charge in [0.05, 0.1) is 6.54 Å². The Hall–Kier alpha value is -2.40. The zero-order chi connectivity index (χ0) is 16.1. The van der Waals surface area contributed by atoms with Crippen molar-refractivity contribution in [1.29, 1.82) is 0 Å². The van der Waals surface area contributed by atoms with Gasteiger partial charge in [-0.25, -0.2) is 0 Å². The molecule has 2 aromatic rings. The van der Waals surface area contributed by atoms with Crippen LogP contribution in [-0.2, 0) is 11.3 Å². The molecule has 120 valence electrons. The van der Waals surface area contributed by atoms with E-state index in [-0.39, 0.29) is 17.5 Å². The lowest BCUT2D eigenvalue weighted by molar-refractivity contribution is -0.116. The van der Waals surface area contributed by atoms with Gasteiger partial charge in [-0.15, -0.1) is 0 Å². The molecule has 0 spiro atoms. The zero-order valence-corrected chi connectivity index (χ0v) is 13.0. The number of benzene rings is 1. The van der Waals surface area contributed by atoms with Gasteiger partial charge in [0.15, 0.2) is 0 Å². The number of nitrogens with zero attached hydrogens (tertiary/aromatic N) is 1. The third-order valence-corrected chi connectivity index (χ3v) is 4.08. The van der Waals surface area contributed by atoms with Crippen LogP contribution in [-0.4, -0.2) is 23.1 Å². The molecule has 3 rings (SSSR count). The maximum absolute atomic E-state index is 12.5. The fraction of sp³-hybridized carbons (Fsp3) is 0.333. The summed E-state index contributed by atoms with van der Waals surface area (Å²) < 4.78 is 1.61. The van der Waals surface area contributed by atoms with Gasteiger partial charge in [0, 0.05) is 18.7 Å². The Balaban J connectivity index is 1.69. The topological polar surface area (TPSA) is 63.1 Å². The number of carbonyl (C=O) groups is 1. The largest absolute Gasteiger partial charge is 0.321 e. The Morgan fingerprint density at radius 1 is 1.22 bits per heavy atom. The molecule has 1 unspecified atom stereocenters. The molecule has 5 nitrogen and oxygen atoms in total. The highest BCUT2D eigenvalue weighted by molar-refractivity contribution is 5.90. The molecule has 1 aromatic carbocycles. The Morgan fingerprint density at radius 2 is 2.04 bits per heavy atom. The Kier molecular flexibility index (Phi) is 4.88. The van der Waals surface area contributed by atoms with Crippen LogP contribution in [0.15, 0.2) is 53.5 Å². The highest BCUT2D eigenvalue weighted by atomic mass is 16.2. The Morgan fingerprint density at radius 3 is 2.78 bits per heavy atom. The fourth-order valence-corrected chi connectivity index (χ4v) is 2.89. The molecule has 2 heterocycles. The first kappa shape index (κ1) is 15.5. The minimum absolute atomic E-state index is 0.112. The van der Waals surface area contributed by atoms with E-state index in [0.717, 1.165) is 24.9 Å². The summed E-state index contributed by atoms with van der Waals surface area (Å²) in [7, 11) is 0. The van der Waals surface area contributed by atoms with Crippen LogP contribution < -0.4 is 16.2 Å². The molecule has 1 aliphatic rings. The molecule has 0 aliphatic carbocycles. The fourth-order valence-electron chi connectivity index (χ4n) is 2.89. The summed E-state index contributed by atoms with van der Waals surface area (Å²) in [6.45, 7) is 1.46. The highest BCUT2D eigenvalue weighted by Crippen LogP contribution is 2.10. The molecule has 0 saturated carbocycles. The molecule has 5 heteroatoms. The van der Waals surface area contributed by atoms with E-state index in [4.69, 9.17) is 0 Å². The van der Waals surface area contributed by atoms with Gasteiger partial charge in [-0.1, -0.05) is 30.3 Å². The monoisotopic (exact) mass is 311 g/mol. The summed E-state index contributed by atoms with van der Waals surface area (Å²) in [5.74, 6) is -0.112. The molecule has 1 aromatic heterocycles. The van der Waals surface area contributed by atoms with Crippen LogP contribution >= 0.6 is 0 Å². The molecule has 2 N–H and O–H groups in total. The van der Waals surface area contributed by atoms with E-state index < -0.39 is 0 Å². The number of rotatable bonds is 5. The van der Waals surface area contributed by atoms with E-state index in [0.29, 0.717) is 18.7 Å². The SMILES string of the molecule is O=C(CC1CCCN1)Nc1cccn(Cc2ccccc2)c1=O. The quantitative estimate of drug-likeness (QED) is 0.887. The maximum atomic E-state index is 12.5. The molecule has 1 fully saturated rings. The molecule has 0 bridgehead atoms. The number of carbonyl (C=O) groups excluding carboxylic acids is 1. The van der Waals surface area contributed by atoms with Gasteiger partial charge in [0.1, 0.15) is 5.69 Å². The Bertz CT molecular complexity index is 719. The molecule has 1 aliphatic heterocycles. The number of anilines is 1. The van der Waals surface area contributed by atoms with E-state index >= 15 is 0 Å². The van der Waals surface area contributed by atoms with Crippen molar-refractivity contribution < 1.29 is 4.79 Å². The van der Waals surface area contributed by atoms with Crippen LogP contribution in [0.3, 0.4) is 0 Å². The van der Waals surface area contributed by atoms with Crippen LogP contribution in [0.25, 0.3) is 0 Å². The summed E-state index contributed by atoms with van der Waals surface area (Å²) in [6, 6.07) is 13.5. The average molecular weight is 311 g/mol. The number of hydrogen-bond acceptors (Lipinski definition) is 3. The number of hydrogen-bond donors (Lipinski definition) is 2. The lowest BCUT2D eigenvalue weighted by Crippen LogP contribution is -2.30. The van der Waals surface area contributed by atoms with Crippen molar-refractivity contribution in [1.82, 2.24) is 9.88 Å². The second kappa shape index (κ2) is 7.24. The predicted molar refractivity (Wildman–Crippen MR) is 90.5 cm³/mol. The molecule has 1 saturated heterocycles. The molecule has 1 amide bonds. The van der Waals surface area contributed by atoms with E-state index in [2.05, 4.69) is 10.6 Å². The number of amides is 1. The van der Waals surface area contributed by atoms with Crippen molar-refractivity contribution in [3.8, 4) is 0 Å². The normalized spacial score (nSPS) is 17.1. The van der Waals surface area contributed by atoms with E-state index in [1.165, 1.54) is 0 Å². The van der Waals surface area contributed by atoms with E-state index in [1.54, 1.807) is 22.9 Å². The van der Waals surface area contributed by atoms with E-state index in [1.807, 2.05) is 30.3 Å². The summed E-state index contributed by atoms with van der Waals surface area (Å²) >= 11 is 0. The first-order valence-corrected chi connectivity index (χ1v) is 7.99. The Labute approximate surface area is 135 Å². The first-order chi connectivity index (χ1) is 11.2. The smallest absolute Gasteiger partial charge is 0.274 e. The van der Waals surface area contributed by atoms with Crippen LogP contribution in [0.4, 0.5) is 5.69 Å². The summed E-state index contributed by atoms with van der Waals surface area (Å²) in [5.41, 5.74) is 1.21. The van der Waals surface area contributed by atoms with Gasteiger partial charge in [-0.2, -0.15) is 0 Å². The van der Waals surface area contributed by atoms with Crippen LogP contribution in [0, 0.1) is 0 Å². The van der Waals surface area contributed by atoms with Crippen molar-refractivity contribution in [2.45, 2.75) is 31.8 Å². The second-order valence-electron chi connectivity index (χ2n) is 5.89. The molecule has 1 atom stereocenters. The summed E-state index contributed by atoms with van der Waals surface area (Å²) in [5, 5.41) is 6.04. The number of pyridine rings is 1. The zero-order valence-electron chi connectivity index (χ0n) is 13.0. The van der Waals surface area contributed by atoms with Gasteiger partial charge >= 0.3 is 0 Å². The average Bonchev–Trinajstić information content (AvgIpc) is 3.05. The molecular weight excluding hydrogens is 290 g/mol.